The average molecular weight is 220 g/mol. The van der Waals surface area contributed by atoms with E-state index >= 15 is 0 Å². The normalized spacial score (nSPS) is 10.9. The molecule has 0 fully saturated rings. The van der Waals surface area contributed by atoms with Crippen LogP contribution >= 0.6 is 0 Å². The van der Waals surface area contributed by atoms with Crippen LogP contribution in [0.2, 0.25) is 0 Å². The molecule has 0 bridgehead atoms. The minimum absolute atomic E-state index is 0.737. The van der Waals surface area contributed by atoms with Crippen molar-refractivity contribution < 1.29 is 0 Å². The van der Waals surface area contributed by atoms with E-state index in [1.807, 2.05) is 35.6 Å². The van der Waals surface area contributed by atoms with Gasteiger partial charge in [0.2, 0.25) is 0 Å². The molecule has 2 aromatic heterocycles. The number of rotatable bonds is 5. The van der Waals surface area contributed by atoms with E-state index in [2.05, 4.69) is 20.5 Å². The molecule has 0 atom stereocenters. The van der Waals surface area contributed by atoms with E-state index in [1.165, 1.54) is 0 Å². The zero-order valence-electron chi connectivity index (χ0n) is 9.59. The first-order valence-corrected chi connectivity index (χ1v) is 5.27. The highest BCUT2D eigenvalue weighted by Crippen LogP contribution is 1.95. The van der Waals surface area contributed by atoms with Crippen LogP contribution in [0, 0.1) is 0 Å². The molecule has 2 aromatic rings. The van der Waals surface area contributed by atoms with Crippen molar-refractivity contribution in [3.63, 3.8) is 0 Å². The minimum atomic E-state index is 0.737. The maximum Gasteiger partial charge on any atom is 0.146 e. The summed E-state index contributed by atoms with van der Waals surface area (Å²) < 4.78 is 3.94. The SMILES string of the molecule is Cn1ccnc1CCNCc1nncn1C. The third kappa shape index (κ3) is 2.46. The molecule has 0 saturated carbocycles. The lowest BCUT2D eigenvalue weighted by Crippen LogP contribution is -2.20. The number of nitrogens with zero attached hydrogens (tertiary/aromatic N) is 5. The summed E-state index contributed by atoms with van der Waals surface area (Å²) in [5, 5.41) is 11.1. The van der Waals surface area contributed by atoms with Gasteiger partial charge in [0.1, 0.15) is 18.0 Å². The van der Waals surface area contributed by atoms with E-state index in [1.54, 1.807) is 6.33 Å². The Balaban J connectivity index is 1.74. The lowest BCUT2D eigenvalue weighted by atomic mass is 10.4. The summed E-state index contributed by atoms with van der Waals surface area (Å²) in [5.41, 5.74) is 0. The molecule has 6 nitrogen and oxygen atoms in total. The van der Waals surface area contributed by atoms with E-state index < -0.39 is 0 Å². The summed E-state index contributed by atoms with van der Waals surface area (Å²) in [4.78, 5) is 4.26. The van der Waals surface area contributed by atoms with Crippen molar-refractivity contribution in [2.75, 3.05) is 6.54 Å². The molecule has 0 radical (unpaired) electrons. The van der Waals surface area contributed by atoms with Crippen molar-refractivity contribution in [1.82, 2.24) is 29.6 Å². The zero-order valence-corrected chi connectivity index (χ0v) is 9.59. The van der Waals surface area contributed by atoms with E-state index in [9.17, 15) is 0 Å². The van der Waals surface area contributed by atoms with Gasteiger partial charge in [0.05, 0.1) is 6.54 Å². The van der Waals surface area contributed by atoms with Crippen molar-refractivity contribution in [1.29, 1.82) is 0 Å². The summed E-state index contributed by atoms with van der Waals surface area (Å²) in [5.74, 6) is 2.03. The second-order valence-electron chi connectivity index (χ2n) is 3.74. The van der Waals surface area contributed by atoms with Gasteiger partial charge in [-0.25, -0.2) is 4.98 Å². The van der Waals surface area contributed by atoms with Gasteiger partial charge in [0, 0.05) is 39.5 Å². The molecular formula is C10H16N6. The molecule has 0 aromatic carbocycles. The van der Waals surface area contributed by atoms with Gasteiger partial charge in [0.15, 0.2) is 0 Å². The van der Waals surface area contributed by atoms with E-state index in [0.29, 0.717) is 0 Å². The van der Waals surface area contributed by atoms with Crippen molar-refractivity contribution in [3.8, 4) is 0 Å². The highest BCUT2D eigenvalue weighted by Gasteiger charge is 2.01. The maximum atomic E-state index is 4.26. The van der Waals surface area contributed by atoms with Gasteiger partial charge >= 0.3 is 0 Å². The van der Waals surface area contributed by atoms with Gasteiger partial charge < -0.3 is 14.5 Å². The topological polar surface area (TPSA) is 60.6 Å². The van der Waals surface area contributed by atoms with Gasteiger partial charge in [-0.2, -0.15) is 0 Å². The molecule has 6 heteroatoms. The van der Waals surface area contributed by atoms with Gasteiger partial charge in [0.25, 0.3) is 0 Å². The van der Waals surface area contributed by atoms with Gasteiger partial charge in [-0.15, -0.1) is 10.2 Å². The standard InChI is InChI=1S/C10H16N6/c1-15-6-5-12-9(15)3-4-11-7-10-14-13-8-16(10)2/h5-6,8,11H,3-4,7H2,1-2H3. The Morgan fingerprint density at radius 3 is 2.75 bits per heavy atom. The Labute approximate surface area is 94.3 Å². The number of imidazole rings is 1. The fourth-order valence-corrected chi connectivity index (χ4v) is 1.50. The Morgan fingerprint density at radius 1 is 1.25 bits per heavy atom. The van der Waals surface area contributed by atoms with Crippen LogP contribution in [0.15, 0.2) is 18.7 Å². The summed E-state index contributed by atoms with van der Waals surface area (Å²) in [6, 6.07) is 0. The molecule has 16 heavy (non-hydrogen) atoms. The number of aryl methyl sites for hydroxylation is 2. The molecule has 0 aliphatic heterocycles. The molecule has 0 amide bonds. The number of aromatic nitrogens is 5. The third-order valence-corrected chi connectivity index (χ3v) is 2.53. The Hall–Kier alpha value is -1.69. The molecule has 0 saturated heterocycles. The molecule has 0 unspecified atom stereocenters. The quantitative estimate of drug-likeness (QED) is 0.714. The fourth-order valence-electron chi connectivity index (χ4n) is 1.50. The lowest BCUT2D eigenvalue weighted by Gasteiger charge is -2.04. The largest absolute Gasteiger partial charge is 0.338 e. The summed E-state index contributed by atoms with van der Waals surface area (Å²) >= 11 is 0. The first kappa shape index (κ1) is 10.8. The smallest absolute Gasteiger partial charge is 0.146 e. The predicted octanol–water partition coefficient (Wildman–Crippen LogP) is -0.119. The number of hydrogen-bond acceptors (Lipinski definition) is 4. The van der Waals surface area contributed by atoms with Crippen molar-refractivity contribution in [2.45, 2.75) is 13.0 Å². The molecule has 0 spiro atoms. The summed E-state index contributed by atoms with van der Waals surface area (Å²) in [6.07, 6.45) is 6.40. The minimum Gasteiger partial charge on any atom is -0.338 e. The monoisotopic (exact) mass is 220 g/mol. The molecule has 86 valence electrons. The van der Waals surface area contributed by atoms with E-state index in [-0.39, 0.29) is 0 Å². The maximum absolute atomic E-state index is 4.26. The summed E-state index contributed by atoms with van der Waals surface area (Å²) in [7, 11) is 3.95. The van der Waals surface area contributed by atoms with Crippen LogP contribution in [-0.2, 0) is 27.1 Å². The Bertz CT molecular complexity index is 401. The zero-order chi connectivity index (χ0) is 11.4. The first-order valence-electron chi connectivity index (χ1n) is 5.27. The highest BCUT2D eigenvalue weighted by molar-refractivity contribution is 4.92. The Kier molecular flexibility index (Phi) is 3.31. The van der Waals surface area contributed by atoms with Crippen LogP contribution in [0.5, 0.6) is 0 Å². The van der Waals surface area contributed by atoms with Crippen LogP contribution in [0.1, 0.15) is 11.6 Å². The molecule has 0 aliphatic rings. The Morgan fingerprint density at radius 2 is 2.12 bits per heavy atom. The lowest BCUT2D eigenvalue weighted by molar-refractivity contribution is 0.618. The number of hydrogen-bond donors (Lipinski definition) is 1. The second kappa shape index (κ2) is 4.89. The fraction of sp³-hybridized carbons (Fsp3) is 0.500. The van der Waals surface area contributed by atoms with Crippen molar-refractivity contribution >= 4 is 0 Å². The third-order valence-electron chi connectivity index (χ3n) is 2.53. The average Bonchev–Trinajstić information content (AvgIpc) is 2.84. The van der Waals surface area contributed by atoms with E-state index in [4.69, 9.17) is 0 Å². The van der Waals surface area contributed by atoms with Gasteiger partial charge in [-0.1, -0.05) is 0 Å². The molecule has 2 heterocycles. The highest BCUT2D eigenvalue weighted by atomic mass is 15.3. The first-order chi connectivity index (χ1) is 7.77. The van der Waals surface area contributed by atoms with Crippen molar-refractivity contribution in [3.05, 3.63) is 30.4 Å². The molecular weight excluding hydrogens is 204 g/mol. The van der Waals surface area contributed by atoms with E-state index in [0.717, 1.165) is 31.2 Å². The predicted molar refractivity (Wildman–Crippen MR) is 59.6 cm³/mol. The second-order valence-corrected chi connectivity index (χ2v) is 3.74. The van der Waals surface area contributed by atoms with Crippen molar-refractivity contribution in [2.24, 2.45) is 14.1 Å². The molecule has 0 aliphatic carbocycles. The molecule has 2 rings (SSSR count). The van der Waals surface area contributed by atoms with Gasteiger partial charge in [-0.05, 0) is 0 Å². The van der Waals surface area contributed by atoms with Crippen LogP contribution in [-0.4, -0.2) is 30.9 Å². The van der Waals surface area contributed by atoms with Crippen LogP contribution in [0.4, 0.5) is 0 Å². The molecule has 1 N–H and O–H groups in total. The van der Waals surface area contributed by atoms with Crippen LogP contribution in [0.25, 0.3) is 0 Å². The van der Waals surface area contributed by atoms with Crippen LogP contribution in [0.3, 0.4) is 0 Å². The number of nitrogens with one attached hydrogen (secondary N) is 1. The summed E-state index contributed by atoms with van der Waals surface area (Å²) in [6.45, 7) is 1.62. The van der Waals surface area contributed by atoms with Gasteiger partial charge in [-0.3, -0.25) is 0 Å². The van der Waals surface area contributed by atoms with Crippen LogP contribution < -0.4 is 5.32 Å².